The summed E-state index contributed by atoms with van der Waals surface area (Å²) in [6.45, 7) is 0. The van der Waals surface area contributed by atoms with Crippen LogP contribution in [0.25, 0.3) is 0 Å². The molecule has 0 saturated heterocycles. The Kier molecular flexibility index (Phi) is 5.82. The predicted molar refractivity (Wildman–Crippen MR) is 88.3 cm³/mol. The van der Waals surface area contributed by atoms with Gasteiger partial charge in [0.05, 0.1) is 9.85 Å². The molecule has 12 nitrogen and oxygen atoms in total. The lowest BCUT2D eigenvalue weighted by Crippen LogP contribution is -2.18. The van der Waals surface area contributed by atoms with Gasteiger partial charge in [0, 0.05) is 25.0 Å². The van der Waals surface area contributed by atoms with Crippen LogP contribution in [0.5, 0.6) is 0 Å². The van der Waals surface area contributed by atoms with Crippen LogP contribution in [-0.2, 0) is 9.59 Å². The average molecular weight is 360 g/mol. The largest absolute Gasteiger partial charge is 0.311 e. The molecule has 2 aromatic heterocycles. The number of anilines is 2. The summed E-state index contributed by atoms with van der Waals surface area (Å²) >= 11 is 0. The van der Waals surface area contributed by atoms with Crippen molar-refractivity contribution in [1.82, 2.24) is 9.97 Å². The average Bonchev–Trinajstić information content (AvgIpc) is 2.61. The molecule has 2 amide bonds. The fraction of sp³-hybridized carbons (Fsp3) is 0.143. The minimum atomic E-state index is -0.616. The molecule has 134 valence electrons. The van der Waals surface area contributed by atoms with E-state index in [0.29, 0.717) is 0 Å². The number of nitro groups is 2. The minimum absolute atomic E-state index is 0.123. The molecular weight excluding hydrogens is 348 g/mol. The molecule has 2 rings (SSSR count). The minimum Gasteiger partial charge on any atom is -0.311 e. The molecule has 0 aliphatic carbocycles. The Morgan fingerprint density at radius 1 is 0.808 bits per heavy atom. The second-order valence-electron chi connectivity index (χ2n) is 4.91. The van der Waals surface area contributed by atoms with E-state index in [1.54, 1.807) is 0 Å². The molecule has 0 unspecified atom stereocenters. The van der Waals surface area contributed by atoms with E-state index < -0.39 is 21.7 Å². The van der Waals surface area contributed by atoms with Crippen LogP contribution in [0, 0.1) is 20.2 Å². The number of nitrogens with zero attached hydrogens (tertiary/aromatic N) is 4. The van der Waals surface area contributed by atoms with Gasteiger partial charge in [0.1, 0.15) is 24.0 Å². The van der Waals surface area contributed by atoms with Crippen LogP contribution in [0.2, 0.25) is 0 Å². The quantitative estimate of drug-likeness (QED) is 0.554. The first kappa shape index (κ1) is 18.4. The zero-order valence-corrected chi connectivity index (χ0v) is 13.1. The molecule has 0 fully saturated rings. The highest BCUT2D eigenvalue weighted by atomic mass is 16.6. The summed E-state index contributed by atoms with van der Waals surface area (Å²) in [6, 6.07) is 4.93. The lowest BCUT2D eigenvalue weighted by Gasteiger charge is -2.05. The Morgan fingerprint density at radius 2 is 1.19 bits per heavy atom. The summed E-state index contributed by atoms with van der Waals surface area (Å²) in [6.07, 6.45) is 1.69. The number of amides is 2. The Morgan fingerprint density at radius 3 is 1.46 bits per heavy atom. The number of carbonyl (C=O) groups is 2. The monoisotopic (exact) mass is 360 g/mol. The third-order valence-electron chi connectivity index (χ3n) is 3.03. The summed E-state index contributed by atoms with van der Waals surface area (Å²) < 4.78 is 0. The lowest BCUT2D eigenvalue weighted by molar-refractivity contribution is -0.385. The van der Waals surface area contributed by atoms with E-state index in [2.05, 4.69) is 20.6 Å². The highest BCUT2D eigenvalue weighted by molar-refractivity contribution is 5.96. The summed E-state index contributed by atoms with van der Waals surface area (Å²) in [4.78, 5) is 50.7. The third kappa shape index (κ3) is 5.30. The van der Waals surface area contributed by atoms with Crippen LogP contribution in [0.1, 0.15) is 12.8 Å². The van der Waals surface area contributed by atoms with Gasteiger partial charge in [0.15, 0.2) is 0 Å². The van der Waals surface area contributed by atoms with Gasteiger partial charge in [-0.2, -0.15) is 0 Å². The fourth-order valence-electron chi connectivity index (χ4n) is 1.77. The van der Waals surface area contributed by atoms with Crippen LogP contribution < -0.4 is 10.6 Å². The first-order chi connectivity index (χ1) is 12.3. The second-order valence-corrected chi connectivity index (χ2v) is 4.91. The Hall–Kier alpha value is -3.96. The molecule has 0 aliphatic heterocycles. The molecule has 0 bridgehead atoms. The van der Waals surface area contributed by atoms with Gasteiger partial charge in [0.2, 0.25) is 11.8 Å². The standard InChI is InChI=1S/C14H12N6O6/c21-13(17-11-3-1-9(7-15-11)19(23)24)5-6-14(22)18-12-4-2-10(8-16-12)20(25)26/h1-4,7-8H,5-6H2,(H,15,17,21)(H,16,18,22). The third-order valence-corrected chi connectivity index (χ3v) is 3.03. The van der Waals surface area contributed by atoms with Crippen molar-refractivity contribution in [3.05, 3.63) is 56.9 Å². The van der Waals surface area contributed by atoms with Crippen molar-refractivity contribution in [3.8, 4) is 0 Å². The van der Waals surface area contributed by atoms with Crippen molar-refractivity contribution in [2.75, 3.05) is 10.6 Å². The summed E-state index contributed by atoms with van der Waals surface area (Å²) in [5, 5.41) is 25.8. The summed E-state index contributed by atoms with van der Waals surface area (Å²) in [5.41, 5.74) is -0.420. The number of aromatic nitrogens is 2. The maximum atomic E-state index is 11.8. The predicted octanol–water partition coefficient (Wildman–Crippen LogP) is 1.65. The molecule has 0 radical (unpaired) electrons. The SMILES string of the molecule is O=C(CCC(=O)Nc1ccc([N+](=O)[O-])cn1)Nc1ccc([N+](=O)[O-])cn1. The van der Waals surface area contributed by atoms with Gasteiger partial charge in [-0.3, -0.25) is 29.8 Å². The first-order valence-corrected chi connectivity index (χ1v) is 7.16. The van der Waals surface area contributed by atoms with Gasteiger partial charge in [-0.25, -0.2) is 9.97 Å². The summed E-state index contributed by atoms with van der Waals surface area (Å²) in [7, 11) is 0. The van der Waals surface area contributed by atoms with E-state index in [0.717, 1.165) is 12.4 Å². The smallest absolute Gasteiger partial charge is 0.287 e. The topological polar surface area (TPSA) is 170 Å². The fourth-order valence-corrected chi connectivity index (χ4v) is 1.77. The van der Waals surface area contributed by atoms with Crippen molar-refractivity contribution in [3.63, 3.8) is 0 Å². The molecule has 2 aromatic rings. The van der Waals surface area contributed by atoms with E-state index in [1.165, 1.54) is 24.3 Å². The van der Waals surface area contributed by atoms with Gasteiger partial charge < -0.3 is 10.6 Å². The highest BCUT2D eigenvalue weighted by Gasteiger charge is 2.11. The molecule has 0 saturated carbocycles. The molecule has 26 heavy (non-hydrogen) atoms. The van der Waals surface area contributed by atoms with E-state index in [9.17, 15) is 29.8 Å². The van der Waals surface area contributed by atoms with Crippen LogP contribution in [-0.4, -0.2) is 31.6 Å². The molecule has 12 heteroatoms. The number of rotatable bonds is 7. The molecule has 0 aliphatic rings. The van der Waals surface area contributed by atoms with Gasteiger partial charge in [-0.1, -0.05) is 0 Å². The Balaban J connectivity index is 1.80. The van der Waals surface area contributed by atoms with Crippen LogP contribution in [0.4, 0.5) is 23.0 Å². The number of hydrogen-bond acceptors (Lipinski definition) is 8. The number of pyridine rings is 2. The molecular formula is C14H12N6O6. The molecule has 0 spiro atoms. The molecule has 0 atom stereocenters. The van der Waals surface area contributed by atoms with E-state index in [1.807, 2.05) is 0 Å². The van der Waals surface area contributed by atoms with Crippen molar-refractivity contribution >= 4 is 34.8 Å². The maximum Gasteiger partial charge on any atom is 0.287 e. The number of hydrogen-bond donors (Lipinski definition) is 2. The first-order valence-electron chi connectivity index (χ1n) is 7.16. The van der Waals surface area contributed by atoms with Crippen molar-refractivity contribution < 1.29 is 19.4 Å². The lowest BCUT2D eigenvalue weighted by atomic mass is 10.2. The van der Waals surface area contributed by atoms with Gasteiger partial charge in [0.25, 0.3) is 11.4 Å². The second kappa shape index (κ2) is 8.23. The van der Waals surface area contributed by atoms with Crippen LogP contribution in [0.3, 0.4) is 0 Å². The maximum absolute atomic E-state index is 11.8. The zero-order valence-electron chi connectivity index (χ0n) is 13.1. The molecule has 2 heterocycles. The number of nitrogens with one attached hydrogen (secondary N) is 2. The van der Waals surface area contributed by atoms with Gasteiger partial charge >= 0.3 is 0 Å². The molecule has 0 aromatic carbocycles. The van der Waals surface area contributed by atoms with E-state index in [4.69, 9.17) is 0 Å². The van der Waals surface area contributed by atoms with Crippen molar-refractivity contribution in [2.24, 2.45) is 0 Å². The van der Waals surface area contributed by atoms with Gasteiger partial charge in [-0.05, 0) is 12.1 Å². The van der Waals surface area contributed by atoms with E-state index >= 15 is 0 Å². The number of carbonyl (C=O) groups excluding carboxylic acids is 2. The van der Waals surface area contributed by atoms with E-state index in [-0.39, 0.29) is 35.9 Å². The normalized spacial score (nSPS) is 10.0. The highest BCUT2D eigenvalue weighted by Crippen LogP contribution is 2.13. The van der Waals surface area contributed by atoms with Crippen LogP contribution in [0.15, 0.2) is 36.7 Å². The van der Waals surface area contributed by atoms with Gasteiger partial charge in [-0.15, -0.1) is 0 Å². The van der Waals surface area contributed by atoms with Crippen molar-refractivity contribution in [2.45, 2.75) is 12.8 Å². The summed E-state index contributed by atoms with van der Waals surface area (Å²) in [5.74, 6) is -0.757. The van der Waals surface area contributed by atoms with Crippen molar-refractivity contribution in [1.29, 1.82) is 0 Å². The van der Waals surface area contributed by atoms with Crippen LogP contribution >= 0.6 is 0 Å². The Labute approximate surface area is 145 Å². The molecule has 2 N–H and O–H groups in total. The zero-order chi connectivity index (χ0) is 19.1. The Bertz CT molecular complexity index is 765.